The van der Waals surface area contributed by atoms with Gasteiger partial charge in [0.05, 0.1) is 10.6 Å². The number of rotatable bonds is 3. The zero-order chi connectivity index (χ0) is 17.4. The first-order valence-electron chi connectivity index (χ1n) is 8.67. The zero-order valence-corrected chi connectivity index (χ0v) is 14.8. The molecule has 6 heteroatoms. The summed E-state index contributed by atoms with van der Waals surface area (Å²) in [6, 6.07) is 12.1. The van der Waals surface area contributed by atoms with Crippen LogP contribution >= 0.6 is 0 Å². The highest BCUT2D eigenvalue weighted by molar-refractivity contribution is 7.89. The normalized spacial score (nSPS) is 18.4. The van der Waals surface area contributed by atoms with E-state index in [1.54, 1.807) is 24.3 Å². The van der Waals surface area contributed by atoms with Crippen molar-refractivity contribution in [1.29, 1.82) is 0 Å². The Morgan fingerprint density at radius 1 is 0.880 bits per heavy atom. The summed E-state index contributed by atoms with van der Waals surface area (Å²) in [5, 5.41) is 0. The van der Waals surface area contributed by atoms with Crippen molar-refractivity contribution in [3.63, 3.8) is 0 Å². The Labute approximate surface area is 147 Å². The van der Waals surface area contributed by atoms with Crippen molar-refractivity contribution in [2.24, 2.45) is 0 Å². The van der Waals surface area contributed by atoms with Crippen LogP contribution in [0.4, 0.5) is 10.1 Å². The van der Waals surface area contributed by atoms with Crippen molar-refractivity contribution in [1.82, 2.24) is 4.31 Å². The molecule has 1 saturated heterocycles. The number of fused-ring (bicyclic) bond motifs is 1. The summed E-state index contributed by atoms with van der Waals surface area (Å²) in [4.78, 5) is 2.29. The first-order valence-corrected chi connectivity index (χ1v) is 10.1. The smallest absolute Gasteiger partial charge is 0.243 e. The summed E-state index contributed by atoms with van der Waals surface area (Å²) in [5.74, 6) is -0.266. The Morgan fingerprint density at radius 3 is 2.36 bits per heavy atom. The molecule has 2 aromatic rings. The number of sulfonamides is 1. The lowest BCUT2D eigenvalue weighted by Gasteiger charge is -2.35. The Hall–Kier alpha value is -1.92. The minimum Gasteiger partial charge on any atom is -0.367 e. The summed E-state index contributed by atoms with van der Waals surface area (Å²) in [6.07, 6.45) is 3.09. The molecule has 0 bridgehead atoms. The van der Waals surface area contributed by atoms with Crippen LogP contribution in [0.25, 0.3) is 0 Å². The Kier molecular flexibility index (Phi) is 4.25. The quantitative estimate of drug-likeness (QED) is 0.845. The van der Waals surface area contributed by atoms with Crippen LogP contribution in [-0.2, 0) is 22.9 Å². The minimum absolute atomic E-state index is 0.266. The number of piperazine rings is 1. The number of halogens is 1. The SMILES string of the molecule is O=S(=O)(c1ccc2c(c1)CCC2)N1CCN(c2ccccc2F)CC1. The van der Waals surface area contributed by atoms with E-state index >= 15 is 0 Å². The number of hydrogen-bond donors (Lipinski definition) is 0. The van der Waals surface area contributed by atoms with Crippen LogP contribution in [0.15, 0.2) is 47.4 Å². The number of para-hydroxylation sites is 1. The predicted molar refractivity (Wildman–Crippen MR) is 95.8 cm³/mol. The van der Waals surface area contributed by atoms with Gasteiger partial charge in [0.25, 0.3) is 0 Å². The van der Waals surface area contributed by atoms with Gasteiger partial charge in [-0.25, -0.2) is 12.8 Å². The fraction of sp³-hybridized carbons (Fsp3) is 0.368. The summed E-state index contributed by atoms with van der Waals surface area (Å²) in [7, 11) is -3.49. The van der Waals surface area contributed by atoms with Gasteiger partial charge in [-0.3, -0.25) is 0 Å². The second-order valence-corrected chi connectivity index (χ2v) is 8.56. The largest absolute Gasteiger partial charge is 0.367 e. The highest BCUT2D eigenvalue weighted by Crippen LogP contribution is 2.27. The van der Waals surface area contributed by atoms with E-state index in [-0.39, 0.29) is 5.82 Å². The second kappa shape index (κ2) is 6.42. The fourth-order valence-corrected chi connectivity index (χ4v) is 5.21. The van der Waals surface area contributed by atoms with E-state index in [0.717, 1.165) is 24.8 Å². The molecule has 1 fully saturated rings. The first-order chi connectivity index (χ1) is 12.1. The third-order valence-corrected chi connectivity index (χ3v) is 7.03. The third kappa shape index (κ3) is 3.04. The first kappa shape index (κ1) is 16.5. The van der Waals surface area contributed by atoms with E-state index in [1.807, 2.05) is 17.0 Å². The summed E-state index contributed by atoms with van der Waals surface area (Å²) >= 11 is 0. The molecule has 0 spiro atoms. The van der Waals surface area contributed by atoms with Crippen LogP contribution in [0.5, 0.6) is 0 Å². The van der Waals surface area contributed by atoms with Crippen LogP contribution in [0.2, 0.25) is 0 Å². The lowest BCUT2D eigenvalue weighted by molar-refractivity contribution is 0.383. The lowest BCUT2D eigenvalue weighted by atomic mass is 10.1. The van der Waals surface area contributed by atoms with Crippen LogP contribution in [0, 0.1) is 5.82 Å². The van der Waals surface area contributed by atoms with Crippen molar-refractivity contribution in [2.45, 2.75) is 24.2 Å². The number of benzene rings is 2. The standard InChI is InChI=1S/C19H21FN2O2S/c20-18-6-1-2-7-19(18)21-10-12-22(13-11-21)25(23,24)17-9-8-15-4-3-5-16(15)14-17/h1-2,6-9,14H,3-5,10-13H2. The monoisotopic (exact) mass is 360 g/mol. The molecule has 25 heavy (non-hydrogen) atoms. The predicted octanol–water partition coefficient (Wildman–Crippen LogP) is 2.83. The van der Waals surface area contributed by atoms with Crippen LogP contribution in [-0.4, -0.2) is 38.9 Å². The highest BCUT2D eigenvalue weighted by Gasteiger charge is 2.30. The van der Waals surface area contributed by atoms with Gasteiger partial charge in [0.2, 0.25) is 10.0 Å². The molecule has 0 atom stereocenters. The molecule has 2 aromatic carbocycles. The van der Waals surface area contributed by atoms with Crippen molar-refractivity contribution >= 4 is 15.7 Å². The van der Waals surface area contributed by atoms with E-state index in [0.29, 0.717) is 36.8 Å². The number of nitrogens with zero attached hydrogens (tertiary/aromatic N) is 2. The van der Waals surface area contributed by atoms with Crippen molar-refractivity contribution in [2.75, 3.05) is 31.1 Å². The lowest BCUT2D eigenvalue weighted by Crippen LogP contribution is -2.48. The van der Waals surface area contributed by atoms with Gasteiger partial charge in [-0.15, -0.1) is 0 Å². The molecule has 0 amide bonds. The number of anilines is 1. The van der Waals surface area contributed by atoms with E-state index < -0.39 is 10.0 Å². The van der Waals surface area contributed by atoms with E-state index in [1.165, 1.54) is 15.9 Å². The topological polar surface area (TPSA) is 40.6 Å². The zero-order valence-electron chi connectivity index (χ0n) is 14.0. The van der Waals surface area contributed by atoms with Gasteiger partial charge in [0, 0.05) is 26.2 Å². The van der Waals surface area contributed by atoms with Crippen molar-refractivity contribution in [3.8, 4) is 0 Å². The van der Waals surface area contributed by atoms with Crippen molar-refractivity contribution in [3.05, 3.63) is 59.4 Å². The summed E-state index contributed by atoms with van der Waals surface area (Å²) in [5.41, 5.74) is 2.96. The number of hydrogen-bond acceptors (Lipinski definition) is 3. The van der Waals surface area contributed by atoms with Gasteiger partial charge in [-0.2, -0.15) is 4.31 Å². The molecule has 2 aliphatic rings. The van der Waals surface area contributed by atoms with Gasteiger partial charge in [0.15, 0.2) is 0 Å². The molecule has 0 saturated carbocycles. The molecule has 1 heterocycles. The Morgan fingerprint density at radius 2 is 1.60 bits per heavy atom. The molecular weight excluding hydrogens is 339 g/mol. The molecule has 0 radical (unpaired) electrons. The maximum atomic E-state index is 13.9. The molecule has 132 valence electrons. The minimum atomic E-state index is -3.49. The van der Waals surface area contributed by atoms with Crippen LogP contribution in [0.3, 0.4) is 0 Å². The average Bonchev–Trinajstić information content (AvgIpc) is 3.10. The van der Waals surface area contributed by atoms with E-state index in [2.05, 4.69) is 0 Å². The average molecular weight is 360 g/mol. The molecule has 0 unspecified atom stereocenters. The van der Waals surface area contributed by atoms with Gasteiger partial charge in [-0.1, -0.05) is 18.2 Å². The van der Waals surface area contributed by atoms with E-state index in [4.69, 9.17) is 0 Å². The molecule has 4 nitrogen and oxygen atoms in total. The van der Waals surface area contributed by atoms with Gasteiger partial charge in [0.1, 0.15) is 5.82 Å². The molecule has 0 aromatic heterocycles. The van der Waals surface area contributed by atoms with Crippen LogP contribution in [0.1, 0.15) is 17.5 Å². The van der Waals surface area contributed by atoms with Crippen LogP contribution < -0.4 is 4.90 Å². The Bertz CT molecular complexity index is 890. The molecular formula is C19H21FN2O2S. The van der Waals surface area contributed by atoms with Gasteiger partial charge < -0.3 is 4.90 Å². The molecule has 1 aliphatic carbocycles. The summed E-state index contributed by atoms with van der Waals surface area (Å²) < 4.78 is 41.3. The Balaban J connectivity index is 1.51. The van der Waals surface area contributed by atoms with E-state index in [9.17, 15) is 12.8 Å². The fourth-order valence-electron chi connectivity index (χ4n) is 3.74. The molecule has 0 N–H and O–H groups in total. The second-order valence-electron chi connectivity index (χ2n) is 6.63. The summed E-state index contributed by atoms with van der Waals surface area (Å²) in [6.45, 7) is 1.72. The maximum Gasteiger partial charge on any atom is 0.243 e. The maximum absolute atomic E-state index is 13.9. The third-order valence-electron chi connectivity index (χ3n) is 5.14. The molecule has 4 rings (SSSR count). The molecule has 1 aliphatic heterocycles. The van der Waals surface area contributed by atoms with Gasteiger partial charge >= 0.3 is 0 Å². The highest BCUT2D eigenvalue weighted by atomic mass is 32.2. The van der Waals surface area contributed by atoms with Gasteiger partial charge in [-0.05, 0) is 54.7 Å². The number of aryl methyl sites for hydroxylation is 2. The van der Waals surface area contributed by atoms with Crippen molar-refractivity contribution < 1.29 is 12.8 Å².